The van der Waals surface area contributed by atoms with Crippen LogP contribution in [0, 0.1) is 11.6 Å². The van der Waals surface area contributed by atoms with Crippen LogP contribution in [0.5, 0.6) is 0 Å². The summed E-state index contributed by atoms with van der Waals surface area (Å²) in [5.74, 6) is -1.10. The zero-order valence-corrected chi connectivity index (χ0v) is 14.9. The summed E-state index contributed by atoms with van der Waals surface area (Å²) in [6.07, 6.45) is 0. The Morgan fingerprint density at radius 3 is 2.64 bits per heavy atom. The average molecular weight is 398 g/mol. The van der Waals surface area contributed by atoms with Crippen LogP contribution in [0.2, 0.25) is 5.02 Å². The lowest BCUT2D eigenvalue weighted by molar-refractivity contribution is 0.102. The number of thioether (sulfide) groups is 1. The van der Waals surface area contributed by atoms with Gasteiger partial charge in [0, 0.05) is 5.75 Å². The van der Waals surface area contributed by atoms with Gasteiger partial charge in [-0.3, -0.25) is 10.1 Å². The number of carbonyl (C=O) groups excluding carboxylic acids is 1. The highest BCUT2D eigenvalue weighted by molar-refractivity contribution is 8.00. The van der Waals surface area contributed by atoms with Gasteiger partial charge in [-0.15, -0.1) is 10.2 Å². The van der Waals surface area contributed by atoms with Gasteiger partial charge in [0.25, 0.3) is 5.91 Å². The first-order valence-corrected chi connectivity index (χ1v) is 9.17. The third-order valence-electron chi connectivity index (χ3n) is 3.09. The fraction of sp³-hybridized carbons (Fsp3) is 0.0625. The average Bonchev–Trinajstić information content (AvgIpc) is 3.01. The Morgan fingerprint density at radius 1 is 1.16 bits per heavy atom. The van der Waals surface area contributed by atoms with Crippen molar-refractivity contribution in [2.24, 2.45) is 0 Å². The molecule has 1 heterocycles. The third kappa shape index (κ3) is 4.53. The van der Waals surface area contributed by atoms with Crippen molar-refractivity contribution in [3.8, 4) is 0 Å². The van der Waals surface area contributed by atoms with Crippen LogP contribution >= 0.6 is 34.7 Å². The molecule has 0 saturated carbocycles. The Kier molecular flexibility index (Phi) is 5.62. The van der Waals surface area contributed by atoms with Crippen LogP contribution in [0.4, 0.5) is 13.9 Å². The first kappa shape index (κ1) is 17.8. The van der Waals surface area contributed by atoms with Crippen molar-refractivity contribution in [1.29, 1.82) is 0 Å². The fourth-order valence-corrected chi connectivity index (χ4v) is 3.87. The molecular weight excluding hydrogens is 388 g/mol. The number of amides is 1. The van der Waals surface area contributed by atoms with Crippen LogP contribution in [0.25, 0.3) is 0 Å². The Hall–Kier alpha value is -2.03. The quantitative estimate of drug-likeness (QED) is 0.485. The molecule has 0 unspecified atom stereocenters. The summed E-state index contributed by atoms with van der Waals surface area (Å²) < 4.78 is 27.2. The zero-order valence-electron chi connectivity index (χ0n) is 12.5. The number of halogens is 3. The van der Waals surface area contributed by atoms with E-state index in [1.807, 2.05) is 0 Å². The molecule has 0 aliphatic rings. The molecule has 0 fully saturated rings. The van der Waals surface area contributed by atoms with Gasteiger partial charge < -0.3 is 0 Å². The summed E-state index contributed by atoms with van der Waals surface area (Å²) in [5, 5.41) is 10.6. The molecule has 3 rings (SSSR count). The third-order valence-corrected chi connectivity index (χ3v) is 5.45. The Labute approximate surface area is 155 Å². The monoisotopic (exact) mass is 397 g/mol. The smallest absolute Gasteiger partial charge is 0.261 e. The van der Waals surface area contributed by atoms with Crippen molar-refractivity contribution in [3.05, 3.63) is 70.2 Å². The summed E-state index contributed by atoms with van der Waals surface area (Å²) in [6.45, 7) is 0. The number of nitrogens with one attached hydrogen (secondary N) is 1. The standard InChI is InChI=1S/C16H10ClF2N3OS2/c17-11-2-1-3-12(19)13(11)14(23)20-15-21-22-16(25-15)24-8-9-4-6-10(18)7-5-9/h1-7H,8H2,(H,20,21,23). The van der Waals surface area contributed by atoms with Crippen LogP contribution in [-0.4, -0.2) is 16.1 Å². The lowest BCUT2D eigenvalue weighted by Gasteiger charge is -2.04. The minimum atomic E-state index is -0.708. The molecule has 0 radical (unpaired) electrons. The van der Waals surface area contributed by atoms with E-state index in [4.69, 9.17) is 11.6 Å². The molecule has 1 amide bonds. The van der Waals surface area contributed by atoms with E-state index < -0.39 is 11.7 Å². The minimum Gasteiger partial charge on any atom is -0.296 e. The van der Waals surface area contributed by atoms with Gasteiger partial charge >= 0.3 is 0 Å². The molecule has 0 saturated heterocycles. The highest BCUT2D eigenvalue weighted by Gasteiger charge is 2.17. The molecule has 0 aliphatic heterocycles. The van der Waals surface area contributed by atoms with Crippen LogP contribution in [0.3, 0.4) is 0 Å². The van der Waals surface area contributed by atoms with E-state index in [9.17, 15) is 13.6 Å². The van der Waals surface area contributed by atoms with Gasteiger partial charge in [-0.1, -0.05) is 52.9 Å². The number of rotatable bonds is 5. The number of hydrogen-bond acceptors (Lipinski definition) is 5. The van der Waals surface area contributed by atoms with Gasteiger partial charge in [0.05, 0.1) is 10.6 Å². The van der Waals surface area contributed by atoms with E-state index in [1.54, 1.807) is 12.1 Å². The number of nitrogens with zero attached hydrogens (tertiary/aromatic N) is 2. The van der Waals surface area contributed by atoms with E-state index in [-0.39, 0.29) is 21.5 Å². The molecule has 1 N–H and O–H groups in total. The van der Waals surface area contributed by atoms with Gasteiger partial charge in [-0.25, -0.2) is 8.78 Å². The first-order valence-electron chi connectivity index (χ1n) is 6.99. The SMILES string of the molecule is O=C(Nc1nnc(SCc2ccc(F)cc2)s1)c1c(F)cccc1Cl. The van der Waals surface area contributed by atoms with Crippen molar-refractivity contribution in [1.82, 2.24) is 10.2 Å². The second-order valence-electron chi connectivity index (χ2n) is 4.84. The number of aromatic nitrogens is 2. The summed E-state index contributed by atoms with van der Waals surface area (Å²) in [7, 11) is 0. The molecule has 3 aromatic rings. The molecule has 9 heteroatoms. The highest BCUT2D eigenvalue weighted by atomic mass is 35.5. The van der Waals surface area contributed by atoms with Crippen molar-refractivity contribution in [2.75, 3.05) is 5.32 Å². The van der Waals surface area contributed by atoms with Crippen molar-refractivity contribution >= 4 is 45.7 Å². The number of anilines is 1. The lowest BCUT2D eigenvalue weighted by Crippen LogP contribution is -2.14. The second kappa shape index (κ2) is 7.90. The molecule has 0 bridgehead atoms. The molecule has 4 nitrogen and oxygen atoms in total. The van der Waals surface area contributed by atoms with Gasteiger partial charge in [-0.2, -0.15) is 0 Å². The maximum Gasteiger partial charge on any atom is 0.261 e. The van der Waals surface area contributed by atoms with Crippen molar-refractivity contribution in [2.45, 2.75) is 10.1 Å². The molecular formula is C16H10ClF2N3OS2. The summed E-state index contributed by atoms with van der Waals surface area (Å²) >= 11 is 8.42. The topological polar surface area (TPSA) is 54.9 Å². The highest BCUT2D eigenvalue weighted by Crippen LogP contribution is 2.29. The largest absolute Gasteiger partial charge is 0.296 e. The lowest BCUT2D eigenvalue weighted by atomic mass is 10.2. The minimum absolute atomic E-state index is 0.0212. The molecule has 2 aromatic carbocycles. The fourth-order valence-electron chi connectivity index (χ4n) is 1.92. The molecule has 0 atom stereocenters. The number of benzene rings is 2. The van der Waals surface area contributed by atoms with Crippen LogP contribution in [-0.2, 0) is 5.75 Å². The Bertz CT molecular complexity index is 882. The predicted molar refractivity (Wildman–Crippen MR) is 95.2 cm³/mol. The van der Waals surface area contributed by atoms with Crippen LogP contribution in [0.1, 0.15) is 15.9 Å². The summed E-state index contributed by atoms with van der Waals surface area (Å²) in [5.41, 5.74) is 0.699. The normalized spacial score (nSPS) is 10.7. The summed E-state index contributed by atoms with van der Waals surface area (Å²) in [6, 6.07) is 10.2. The maximum absolute atomic E-state index is 13.7. The maximum atomic E-state index is 13.7. The predicted octanol–water partition coefficient (Wildman–Crippen LogP) is 5.01. The number of carbonyl (C=O) groups is 1. The van der Waals surface area contributed by atoms with E-state index in [0.717, 1.165) is 23.0 Å². The second-order valence-corrected chi connectivity index (χ2v) is 7.45. The molecule has 1 aromatic heterocycles. The Morgan fingerprint density at radius 2 is 1.92 bits per heavy atom. The van der Waals surface area contributed by atoms with E-state index in [2.05, 4.69) is 15.5 Å². The van der Waals surface area contributed by atoms with Crippen LogP contribution < -0.4 is 5.32 Å². The van der Waals surface area contributed by atoms with Gasteiger partial charge in [0.2, 0.25) is 5.13 Å². The first-order chi connectivity index (χ1) is 12.0. The van der Waals surface area contributed by atoms with E-state index in [0.29, 0.717) is 10.1 Å². The van der Waals surface area contributed by atoms with E-state index >= 15 is 0 Å². The molecule has 128 valence electrons. The van der Waals surface area contributed by atoms with Crippen LogP contribution in [0.15, 0.2) is 46.8 Å². The van der Waals surface area contributed by atoms with Gasteiger partial charge in [0.15, 0.2) is 4.34 Å². The Balaban J connectivity index is 1.63. The van der Waals surface area contributed by atoms with Gasteiger partial charge in [-0.05, 0) is 29.8 Å². The van der Waals surface area contributed by atoms with Gasteiger partial charge in [0.1, 0.15) is 11.6 Å². The summed E-state index contributed by atoms with van der Waals surface area (Å²) in [4.78, 5) is 12.1. The number of hydrogen-bond donors (Lipinski definition) is 1. The zero-order chi connectivity index (χ0) is 17.8. The van der Waals surface area contributed by atoms with Crippen molar-refractivity contribution in [3.63, 3.8) is 0 Å². The molecule has 0 aliphatic carbocycles. The molecule has 0 spiro atoms. The van der Waals surface area contributed by atoms with Crippen molar-refractivity contribution < 1.29 is 13.6 Å². The molecule has 25 heavy (non-hydrogen) atoms. The van der Waals surface area contributed by atoms with E-state index in [1.165, 1.54) is 36.0 Å².